The molecule has 3 nitrogen and oxygen atoms in total. The van der Waals surface area contributed by atoms with Gasteiger partial charge in [-0.1, -0.05) is 30.3 Å². The zero-order valence-corrected chi connectivity index (χ0v) is 8.14. The minimum Gasteiger partial charge on any atom is -0.371 e. The van der Waals surface area contributed by atoms with Gasteiger partial charge in [-0.05, 0) is 5.56 Å². The van der Waals surface area contributed by atoms with Gasteiger partial charge in [0.15, 0.2) is 0 Å². The van der Waals surface area contributed by atoms with E-state index in [0.717, 1.165) is 5.56 Å². The van der Waals surface area contributed by atoms with E-state index in [1.54, 1.807) is 0 Å². The fourth-order valence-electron chi connectivity index (χ4n) is 0.817. The Hall–Kier alpha value is -1.06. The van der Waals surface area contributed by atoms with E-state index in [1.807, 2.05) is 30.3 Å². The minimum absolute atomic E-state index is 0. The number of rotatable bonds is 3. The lowest BCUT2D eigenvalue weighted by Gasteiger charge is -2.02. The molecule has 13 heavy (non-hydrogen) atoms. The number of hydrogen-bond acceptors (Lipinski definition) is 3. The molecule has 0 bridgehead atoms. The Morgan fingerprint density at radius 1 is 1.38 bits per heavy atom. The molecule has 1 N–H and O–H groups in total. The lowest BCUT2D eigenvalue weighted by atomic mass is 10.2. The van der Waals surface area contributed by atoms with Gasteiger partial charge in [0.2, 0.25) is 0 Å². The monoisotopic (exact) mass is 201 g/mol. The molecule has 0 unspecified atom stereocenters. The van der Waals surface area contributed by atoms with Gasteiger partial charge >= 0.3 is 5.97 Å². The van der Waals surface area contributed by atoms with Crippen LogP contribution in [0.1, 0.15) is 12.5 Å². The van der Waals surface area contributed by atoms with Crippen LogP contribution in [-0.2, 0) is 16.2 Å². The van der Waals surface area contributed by atoms with Gasteiger partial charge < -0.3 is 4.84 Å². The van der Waals surface area contributed by atoms with E-state index in [2.05, 4.69) is 10.3 Å². The molecule has 0 fully saturated rings. The maximum absolute atomic E-state index is 10.3. The third-order valence-corrected chi connectivity index (χ3v) is 1.34. The van der Waals surface area contributed by atoms with E-state index in [1.165, 1.54) is 6.92 Å². The van der Waals surface area contributed by atoms with Crippen molar-refractivity contribution in [2.24, 2.45) is 0 Å². The zero-order valence-electron chi connectivity index (χ0n) is 7.32. The minimum atomic E-state index is -0.328. The highest BCUT2D eigenvalue weighted by molar-refractivity contribution is 5.85. The summed E-state index contributed by atoms with van der Waals surface area (Å²) in [6, 6.07) is 9.72. The first-order valence-corrected chi connectivity index (χ1v) is 3.73. The molecule has 72 valence electrons. The summed E-state index contributed by atoms with van der Waals surface area (Å²) in [6.07, 6.45) is 0. The number of halogens is 1. The molecule has 0 aliphatic heterocycles. The van der Waals surface area contributed by atoms with Gasteiger partial charge in [0.1, 0.15) is 0 Å². The summed E-state index contributed by atoms with van der Waals surface area (Å²) in [4.78, 5) is 14.9. The second kappa shape index (κ2) is 6.46. The predicted octanol–water partition coefficient (Wildman–Crippen LogP) is 1.68. The van der Waals surface area contributed by atoms with Crippen LogP contribution in [0, 0.1) is 0 Å². The highest BCUT2D eigenvalue weighted by atomic mass is 35.5. The molecule has 0 aromatic heterocycles. The third-order valence-electron chi connectivity index (χ3n) is 1.34. The number of nitrogens with one attached hydrogen (secondary N) is 1. The van der Waals surface area contributed by atoms with Gasteiger partial charge in [-0.15, -0.1) is 17.9 Å². The van der Waals surface area contributed by atoms with Crippen LogP contribution in [0.3, 0.4) is 0 Å². The van der Waals surface area contributed by atoms with Crippen molar-refractivity contribution < 1.29 is 9.63 Å². The molecular formula is C9H12ClNO2. The fraction of sp³-hybridized carbons (Fsp3) is 0.222. The van der Waals surface area contributed by atoms with Gasteiger partial charge in [0.05, 0.1) is 6.54 Å². The van der Waals surface area contributed by atoms with Crippen molar-refractivity contribution in [2.75, 3.05) is 0 Å². The average molecular weight is 202 g/mol. The zero-order chi connectivity index (χ0) is 8.81. The molecule has 4 heteroatoms. The number of hydrogen-bond donors (Lipinski definition) is 1. The van der Waals surface area contributed by atoms with Gasteiger partial charge in [-0.25, -0.2) is 0 Å². The van der Waals surface area contributed by atoms with Gasteiger partial charge in [-0.2, -0.15) is 0 Å². The van der Waals surface area contributed by atoms with Crippen molar-refractivity contribution in [3.05, 3.63) is 35.9 Å². The summed E-state index contributed by atoms with van der Waals surface area (Å²) >= 11 is 0. The normalized spacial score (nSPS) is 8.69. The van der Waals surface area contributed by atoms with Crippen molar-refractivity contribution in [2.45, 2.75) is 13.5 Å². The van der Waals surface area contributed by atoms with Crippen LogP contribution in [0.15, 0.2) is 30.3 Å². The number of carbonyl (C=O) groups is 1. The van der Waals surface area contributed by atoms with Crippen molar-refractivity contribution in [3.63, 3.8) is 0 Å². The summed E-state index contributed by atoms with van der Waals surface area (Å²) in [5, 5.41) is 0. The van der Waals surface area contributed by atoms with E-state index >= 15 is 0 Å². The first-order valence-electron chi connectivity index (χ1n) is 3.73. The number of carbonyl (C=O) groups excluding carboxylic acids is 1. The molecule has 0 radical (unpaired) electrons. The fourth-order valence-corrected chi connectivity index (χ4v) is 0.817. The Bertz CT molecular complexity index is 251. The molecule has 0 saturated heterocycles. The van der Waals surface area contributed by atoms with E-state index in [-0.39, 0.29) is 18.4 Å². The molecule has 0 amide bonds. The molecule has 0 aliphatic carbocycles. The predicted molar refractivity (Wildman–Crippen MR) is 52.3 cm³/mol. The van der Waals surface area contributed by atoms with Crippen LogP contribution in [0.25, 0.3) is 0 Å². The SMILES string of the molecule is CC(=O)ONCc1ccccc1.Cl. The quantitative estimate of drug-likeness (QED) is 0.757. The number of benzene rings is 1. The Balaban J connectivity index is 0.00000144. The highest BCUT2D eigenvalue weighted by Crippen LogP contribution is 1.96. The largest absolute Gasteiger partial charge is 0.371 e. The molecule has 0 heterocycles. The maximum Gasteiger partial charge on any atom is 0.321 e. The Kier molecular flexibility index (Phi) is 5.93. The van der Waals surface area contributed by atoms with Crippen LogP contribution >= 0.6 is 12.4 Å². The average Bonchev–Trinajstić information content (AvgIpc) is 2.05. The smallest absolute Gasteiger partial charge is 0.321 e. The maximum atomic E-state index is 10.3. The van der Waals surface area contributed by atoms with Crippen molar-refractivity contribution >= 4 is 18.4 Å². The summed E-state index contributed by atoms with van der Waals surface area (Å²) < 4.78 is 0. The molecule has 0 spiro atoms. The van der Waals surface area contributed by atoms with Crippen LogP contribution < -0.4 is 5.48 Å². The van der Waals surface area contributed by atoms with Crippen molar-refractivity contribution in [1.29, 1.82) is 0 Å². The summed E-state index contributed by atoms with van der Waals surface area (Å²) in [6.45, 7) is 1.90. The van der Waals surface area contributed by atoms with Gasteiger partial charge in [-0.3, -0.25) is 4.79 Å². The van der Waals surface area contributed by atoms with E-state index in [9.17, 15) is 4.79 Å². The second-order valence-electron chi connectivity index (χ2n) is 2.40. The van der Waals surface area contributed by atoms with Crippen molar-refractivity contribution in [1.82, 2.24) is 5.48 Å². The van der Waals surface area contributed by atoms with E-state index in [0.29, 0.717) is 6.54 Å². The standard InChI is InChI=1S/C9H11NO2.ClH/c1-8(11)12-10-7-9-5-3-2-4-6-9;/h2-6,10H,7H2,1H3;1H. The Morgan fingerprint density at radius 2 is 2.00 bits per heavy atom. The van der Waals surface area contributed by atoms with Crippen LogP contribution in [0.5, 0.6) is 0 Å². The summed E-state index contributed by atoms with van der Waals surface area (Å²) in [5.74, 6) is -0.328. The molecule has 0 aliphatic rings. The first kappa shape index (κ1) is 11.9. The summed E-state index contributed by atoms with van der Waals surface area (Å²) in [5.41, 5.74) is 3.63. The second-order valence-corrected chi connectivity index (χ2v) is 2.40. The van der Waals surface area contributed by atoms with E-state index in [4.69, 9.17) is 0 Å². The van der Waals surface area contributed by atoms with Crippen molar-refractivity contribution in [3.8, 4) is 0 Å². The Morgan fingerprint density at radius 3 is 2.54 bits per heavy atom. The third kappa shape index (κ3) is 5.22. The van der Waals surface area contributed by atoms with Crippen LogP contribution in [0.4, 0.5) is 0 Å². The Labute approximate surface area is 83.5 Å². The topological polar surface area (TPSA) is 38.3 Å². The molecule has 1 aromatic carbocycles. The highest BCUT2D eigenvalue weighted by Gasteiger charge is 1.92. The first-order chi connectivity index (χ1) is 5.79. The molecular weight excluding hydrogens is 190 g/mol. The number of hydroxylamine groups is 1. The van der Waals surface area contributed by atoms with Crippen LogP contribution in [0.2, 0.25) is 0 Å². The molecule has 0 saturated carbocycles. The lowest BCUT2D eigenvalue weighted by Crippen LogP contribution is -2.17. The molecule has 1 aromatic rings. The summed E-state index contributed by atoms with van der Waals surface area (Å²) in [7, 11) is 0. The van der Waals surface area contributed by atoms with Crippen LogP contribution in [-0.4, -0.2) is 5.97 Å². The van der Waals surface area contributed by atoms with Gasteiger partial charge in [0.25, 0.3) is 0 Å². The van der Waals surface area contributed by atoms with E-state index < -0.39 is 0 Å². The lowest BCUT2D eigenvalue weighted by molar-refractivity contribution is -0.148. The molecule has 1 rings (SSSR count). The molecule has 0 atom stereocenters. The van der Waals surface area contributed by atoms with Gasteiger partial charge in [0, 0.05) is 6.92 Å².